The SMILES string of the molecule is CO[C@H]1/C=C/C[C@H](C)[C@@H](CCO)S(=O)(=O)NC(=O)c2ccc3c(c2)N(C[C@@H]2CC[C@H]21)C[C@@]1(CCCc2cc(Cl)ccc21)CO3. The molecule has 10 heteroatoms. The van der Waals surface area contributed by atoms with Crippen LogP contribution < -0.4 is 14.4 Å². The molecule has 0 radical (unpaired) electrons. The molecule has 44 heavy (non-hydrogen) atoms. The molecule has 2 aliphatic carbocycles. The van der Waals surface area contributed by atoms with Crippen molar-refractivity contribution in [2.24, 2.45) is 17.8 Å². The number of carbonyl (C=O) groups excluding carboxylic acids is 1. The number of amides is 1. The maximum Gasteiger partial charge on any atom is 0.264 e. The number of hydrogen-bond donors (Lipinski definition) is 2. The number of nitrogens with one attached hydrogen (secondary N) is 1. The Bertz CT molecular complexity index is 1530. The van der Waals surface area contributed by atoms with E-state index in [4.69, 9.17) is 21.1 Å². The first-order valence-electron chi connectivity index (χ1n) is 15.8. The molecular formula is C34H43ClN2O6S. The summed E-state index contributed by atoms with van der Waals surface area (Å²) in [7, 11) is -2.33. The van der Waals surface area contributed by atoms with Gasteiger partial charge in [-0.3, -0.25) is 4.79 Å². The van der Waals surface area contributed by atoms with Crippen molar-refractivity contribution in [1.82, 2.24) is 4.72 Å². The van der Waals surface area contributed by atoms with Crippen molar-refractivity contribution in [2.45, 2.75) is 68.6 Å². The average Bonchev–Trinajstić information content (AvgIpc) is 3.13. The summed E-state index contributed by atoms with van der Waals surface area (Å²) in [5.41, 5.74) is 3.34. The molecule has 0 saturated heterocycles. The number of halogens is 1. The van der Waals surface area contributed by atoms with E-state index in [1.54, 1.807) is 25.3 Å². The number of nitrogens with zero attached hydrogens (tertiary/aromatic N) is 1. The third-order valence-corrected chi connectivity index (χ3v) is 12.6. The maximum atomic E-state index is 13.5. The van der Waals surface area contributed by atoms with Crippen molar-refractivity contribution in [3.63, 3.8) is 0 Å². The highest BCUT2D eigenvalue weighted by molar-refractivity contribution is 7.90. The first kappa shape index (κ1) is 31.4. The molecular weight excluding hydrogens is 600 g/mol. The van der Waals surface area contributed by atoms with Crippen LogP contribution in [0.4, 0.5) is 5.69 Å². The van der Waals surface area contributed by atoms with Crippen LogP contribution in [0.2, 0.25) is 5.02 Å². The highest BCUT2D eigenvalue weighted by Crippen LogP contribution is 2.47. The third-order valence-electron chi connectivity index (χ3n) is 10.4. The summed E-state index contributed by atoms with van der Waals surface area (Å²) in [6.07, 6.45) is 9.63. The lowest BCUT2D eigenvalue weighted by Crippen LogP contribution is -2.49. The third kappa shape index (κ3) is 6.00. The number of allylic oxidation sites excluding steroid dienone is 1. The van der Waals surface area contributed by atoms with Crippen LogP contribution in [0.25, 0.3) is 0 Å². The lowest BCUT2D eigenvalue weighted by atomic mass is 9.68. The summed E-state index contributed by atoms with van der Waals surface area (Å²) < 4.78 is 41.8. The Labute approximate surface area is 265 Å². The predicted octanol–water partition coefficient (Wildman–Crippen LogP) is 5.26. The largest absolute Gasteiger partial charge is 0.490 e. The van der Waals surface area contributed by atoms with E-state index < -0.39 is 21.2 Å². The molecule has 0 unspecified atom stereocenters. The molecule has 238 valence electrons. The fourth-order valence-electron chi connectivity index (χ4n) is 7.90. The van der Waals surface area contributed by atoms with Gasteiger partial charge in [-0.05, 0) is 104 Å². The summed E-state index contributed by atoms with van der Waals surface area (Å²) in [4.78, 5) is 15.9. The fourth-order valence-corrected chi connectivity index (χ4v) is 9.76. The summed E-state index contributed by atoms with van der Waals surface area (Å²) in [5.74, 6) is 0.402. The standard InChI is InChI=1S/C34H43ClN2O6S/c1-22-5-3-7-30(42-2)27-11-8-25(27)19-37-20-34(15-4-6-23-17-26(35)10-12-28(23)34)21-43-31-13-9-24(18-29(31)37)33(39)36-44(40,41)32(22)14-16-38/h3,7,9-10,12-13,17-18,22,25,27,30,32,38H,4-6,8,11,14-16,19-21H2,1-2H3,(H,36,39)/b7-3+/t22-,25-,27+,30-,32+,34-/m0/s1. The molecule has 1 saturated carbocycles. The topological polar surface area (TPSA) is 105 Å². The molecule has 2 bridgehead atoms. The van der Waals surface area contributed by atoms with Gasteiger partial charge in [0.25, 0.3) is 5.91 Å². The van der Waals surface area contributed by atoms with Gasteiger partial charge in [-0.1, -0.05) is 36.7 Å². The van der Waals surface area contributed by atoms with Gasteiger partial charge in [0.2, 0.25) is 10.0 Å². The minimum Gasteiger partial charge on any atom is -0.490 e. The minimum atomic E-state index is -4.07. The molecule has 2 aromatic rings. The number of aliphatic hydroxyl groups excluding tert-OH is 1. The number of methoxy groups -OCH3 is 1. The minimum absolute atomic E-state index is 0.0383. The van der Waals surface area contributed by atoms with Crippen LogP contribution in [0.1, 0.15) is 66.9 Å². The molecule has 4 aliphatic rings. The number of ether oxygens (including phenoxy) is 2. The van der Waals surface area contributed by atoms with Crippen molar-refractivity contribution in [1.29, 1.82) is 0 Å². The van der Waals surface area contributed by atoms with Gasteiger partial charge in [0.1, 0.15) is 5.75 Å². The highest BCUT2D eigenvalue weighted by Gasteiger charge is 2.44. The Morgan fingerprint density at radius 2 is 2.05 bits per heavy atom. The van der Waals surface area contributed by atoms with E-state index in [1.807, 2.05) is 19.1 Å². The Kier molecular flexibility index (Phi) is 9.03. The number of sulfonamides is 1. The van der Waals surface area contributed by atoms with E-state index in [2.05, 4.69) is 27.8 Å². The van der Waals surface area contributed by atoms with Crippen LogP contribution in [-0.4, -0.2) is 64.2 Å². The lowest BCUT2D eigenvalue weighted by Gasteiger charge is -2.46. The molecule has 2 aromatic carbocycles. The Morgan fingerprint density at radius 1 is 1.20 bits per heavy atom. The predicted molar refractivity (Wildman–Crippen MR) is 172 cm³/mol. The molecule has 2 N–H and O–H groups in total. The van der Waals surface area contributed by atoms with Crippen molar-refractivity contribution in [3.05, 3.63) is 70.3 Å². The fraction of sp³-hybridized carbons (Fsp3) is 0.559. The van der Waals surface area contributed by atoms with Crippen LogP contribution >= 0.6 is 11.6 Å². The first-order chi connectivity index (χ1) is 21.1. The van der Waals surface area contributed by atoms with Crippen LogP contribution in [0.3, 0.4) is 0 Å². The zero-order valence-corrected chi connectivity index (χ0v) is 27.1. The summed E-state index contributed by atoms with van der Waals surface area (Å²) in [6, 6.07) is 11.4. The smallest absolute Gasteiger partial charge is 0.264 e. The van der Waals surface area contributed by atoms with Gasteiger partial charge < -0.3 is 19.5 Å². The zero-order valence-electron chi connectivity index (χ0n) is 25.5. The van der Waals surface area contributed by atoms with Gasteiger partial charge >= 0.3 is 0 Å². The van der Waals surface area contributed by atoms with Crippen LogP contribution in [0.15, 0.2) is 48.6 Å². The van der Waals surface area contributed by atoms with Crippen molar-refractivity contribution >= 4 is 33.2 Å². The van der Waals surface area contributed by atoms with Gasteiger partial charge in [0.05, 0.1) is 23.6 Å². The molecule has 8 nitrogen and oxygen atoms in total. The molecule has 1 spiro atoms. The average molecular weight is 643 g/mol. The second-order valence-electron chi connectivity index (χ2n) is 13.2. The van der Waals surface area contributed by atoms with Gasteiger partial charge in [-0.2, -0.15) is 0 Å². The van der Waals surface area contributed by atoms with E-state index in [1.165, 1.54) is 11.1 Å². The summed E-state index contributed by atoms with van der Waals surface area (Å²) in [6.45, 7) is 3.54. The molecule has 6 atom stereocenters. The number of benzene rings is 2. The Hall–Kier alpha value is -2.59. The van der Waals surface area contributed by atoms with Gasteiger partial charge in [0.15, 0.2) is 0 Å². The number of hydrogen-bond acceptors (Lipinski definition) is 7. The number of fused-ring (bicyclic) bond motifs is 4. The van der Waals surface area contributed by atoms with Crippen molar-refractivity contribution in [3.8, 4) is 5.75 Å². The Balaban J connectivity index is 1.43. The van der Waals surface area contributed by atoms with Gasteiger partial charge in [-0.25, -0.2) is 13.1 Å². The quantitative estimate of drug-likeness (QED) is 0.440. The number of aliphatic hydroxyl groups is 1. The first-order valence-corrected chi connectivity index (χ1v) is 17.7. The van der Waals surface area contributed by atoms with E-state index in [9.17, 15) is 18.3 Å². The van der Waals surface area contributed by atoms with Crippen LogP contribution in [0, 0.1) is 17.8 Å². The molecule has 0 aromatic heterocycles. The van der Waals surface area contributed by atoms with E-state index in [0.29, 0.717) is 37.2 Å². The highest BCUT2D eigenvalue weighted by atomic mass is 35.5. The number of anilines is 1. The Morgan fingerprint density at radius 3 is 2.80 bits per heavy atom. The van der Waals surface area contributed by atoms with Crippen molar-refractivity contribution in [2.75, 3.05) is 38.3 Å². The number of aryl methyl sites for hydroxylation is 1. The monoisotopic (exact) mass is 642 g/mol. The van der Waals surface area contributed by atoms with Gasteiger partial charge in [0, 0.05) is 42.8 Å². The van der Waals surface area contributed by atoms with Crippen LogP contribution in [0.5, 0.6) is 5.75 Å². The zero-order chi connectivity index (χ0) is 31.1. The molecule has 1 fully saturated rings. The summed E-state index contributed by atoms with van der Waals surface area (Å²) in [5, 5.41) is 9.51. The van der Waals surface area contributed by atoms with E-state index in [-0.39, 0.29) is 36.0 Å². The molecule has 2 heterocycles. The van der Waals surface area contributed by atoms with Crippen LogP contribution in [-0.2, 0) is 26.6 Å². The molecule has 1 amide bonds. The van der Waals surface area contributed by atoms with Crippen molar-refractivity contribution < 1.29 is 27.8 Å². The maximum absolute atomic E-state index is 13.5. The van der Waals surface area contributed by atoms with E-state index in [0.717, 1.165) is 49.4 Å². The van der Waals surface area contributed by atoms with E-state index >= 15 is 0 Å². The summed E-state index contributed by atoms with van der Waals surface area (Å²) >= 11 is 6.41. The molecule has 6 rings (SSSR count). The van der Waals surface area contributed by atoms with Gasteiger partial charge in [-0.15, -0.1) is 0 Å². The normalized spacial score (nSPS) is 32.3. The number of rotatable bonds is 3. The number of carbonyl (C=O) groups is 1. The lowest BCUT2D eigenvalue weighted by molar-refractivity contribution is 0.0131. The second kappa shape index (κ2) is 12.7. The molecule has 2 aliphatic heterocycles. The second-order valence-corrected chi connectivity index (χ2v) is 15.5.